The molecule has 1 fully saturated rings. The maximum Gasteiger partial charge on any atom is 0.417 e. The molecule has 0 saturated carbocycles. The van der Waals surface area contributed by atoms with E-state index in [1.54, 1.807) is 0 Å². The van der Waals surface area contributed by atoms with E-state index in [0.717, 1.165) is 12.3 Å². The van der Waals surface area contributed by atoms with Crippen molar-refractivity contribution in [3.63, 3.8) is 0 Å². The molecule has 0 aliphatic carbocycles. The molecule has 1 aliphatic rings. The lowest BCUT2D eigenvalue weighted by atomic mass is 10.0. The molecule has 0 spiro atoms. The lowest BCUT2D eigenvalue weighted by molar-refractivity contribution is -0.137. The predicted octanol–water partition coefficient (Wildman–Crippen LogP) is 0.936. The zero-order chi connectivity index (χ0) is 13.2. The Morgan fingerprint density at radius 3 is 2.61 bits per heavy atom. The first-order chi connectivity index (χ1) is 8.47. The second-order valence-electron chi connectivity index (χ2n) is 4.11. The Morgan fingerprint density at radius 2 is 2.17 bits per heavy atom. The summed E-state index contributed by atoms with van der Waals surface area (Å²) in [6, 6.07) is 2.22. The summed E-state index contributed by atoms with van der Waals surface area (Å²) < 4.78 is 36.8. The lowest BCUT2D eigenvalue weighted by Crippen LogP contribution is -2.50. The molecule has 4 nitrogen and oxygen atoms in total. The van der Waals surface area contributed by atoms with Gasteiger partial charge in [0, 0.05) is 19.3 Å². The molecule has 0 atom stereocenters. The Hall–Kier alpha value is -1.63. The minimum absolute atomic E-state index is 0.0422. The Bertz CT molecular complexity index is 426. The second-order valence-corrected chi connectivity index (χ2v) is 4.11. The Labute approximate surface area is 102 Å². The van der Waals surface area contributed by atoms with E-state index in [9.17, 15) is 18.0 Å². The first-order valence-electron chi connectivity index (χ1n) is 5.47. The highest BCUT2D eigenvalue weighted by atomic mass is 19.4. The van der Waals surface area contributed by atoms with Crippen LogP contribution in [0.5, 0.6) is 0 Å². The second kappa shape index (κ2) is 4.93. The largest absolute Gasteiger partial charge is 0.417 e. The van der Waals surface area contributed by atoms with Crippen LogP contribution < -0.4 is 10.6 Å². The van der Waals surface area contributed by atoms with Gasteiger partial charge in [-0.3, -0.25) is 9.78 Å². The number of amides is 1. The minimum atomic E-state index is -4.38. The SMILES string of the molecule is O=C(NCc1ccc(C(F)(F)F)cn1)C1CNC1. The van der Waals surface area contributed by atoms with Crippen molar-refractivity contribution in [3.05, 3.63) is 29.6 Å². The lowest BCUT2D eigenvalue weighted by Gasteiger charge is -2.25. The smallest absolute Gasteiger partial charge is 0.350 e. The first-order valence-corrected chi connectivity index (χ1v) is 5.47. The summed E-state index contributed by atoms with van der Waals surface area (Å²) in [4.78, 5) is 15.1. The number of carbonyl (C=O) groups excluding carboxylic acids is 1. The Morgan fingerprint density at radius 1 is 1.44 bits per heavy atom. The monoisotopic (exact) mass is 259 g/mol. The van der Waals surface area contributed by atoms with E-state index in [4.69, 9.17) is 0 Å². The van der Waals surface area contributed by atoms with E-state index in [-0.39, 0.29) is 18.4 Å². The maximum absolute atomic E-state index is 12.3. The van der Waals surface area contributed by atoms with Gasteiger partial charge < -0.3 is 10.6 Å². The van der Waals surface area contributed by atoms with Gasteiger partial charge in [-0.25, -0.2) is 0 Å². The molecule has 7 heteroatoms. The van der Waals surface area contributed by atoms with Gasteiger partial charge >= 0.3 is 6.18 Å². The summed E-state index contributed by atoms with van der Waals surface area (Å²) in [6.45, 7) is 1.44. The summed E-state index contributed by atoms with van der Waals surface area (Å²) in [5, 5.41) is 5.60. The van der Waals surface area contributed by atoms with Gasteiger partial charge in [-0.15, -0.1) is 0 Å². The molecule has 0 radical (unpaired) electrons. The van der Waals surface area contributed by atoms with Crippen molar-refractivity contribution in [1.82, 2.24) is 15.6 Å². The predicted molar refractivity (Wildman–Crippen MR) is 57.4 cm³/mol. The van der Waals surface area contributed by atoms with Crippen molar-refractivity contribution < 1.29 is 18.0 Å². The Balaban J connectivity index is 1.88. The number of carbonyl (C=O) groups is 1. The number of nitrogens with one attached hydrogen (secondary N) is 2. The van der Waals surface area contributed by atoms with Crippen LogP contribution in [0.4, 0.5) is 13.2 Å². The highest BCUT2D eigenvalue weighted by molar-refractivity contribution is 5.79. The van der Waals surface area contributed by atoms with Gasteiger partial charge in [-0.05, 0) is 12.1 Å². The van der Waals surface area contributed by atoms with Crippen LogP contribution in [0.25, 0.3) is 0 Å². The van der Waals surface area contributed by atoms with Crippen LogP contribution in [0.15, 0.2) is 18.3 Å². The Kier molecular flexibility index (Phi) is 3.51. The number of pyridine rings is 1. The van der Waals surface area contributed by atoms with Crippen molar-refractivity contribution in [2.24, 2.45) is 5.92 Å². The van der Waals surface area contributed by atoms with Crippen LogP contribution in [-0.4, -0.2) is 24.0 Å². The van der Waals surface area contributed by atoms with Crippen LogP contribution in [0.1, 0.15) is 11.3 Å². The van der Waals surface area contributed by atoms with Crippen molar-refractivity contribution in [2.75, 3.05) is 13.1 Å². The van der Waals surface area contributed by atoms with Crippen LogP contribution in [-0.2, 0) is 17.5 Å². The third kappa shape index (κ3) is 2.98. The fourth-order valence-electron chi connectivity index (χ4n) is 1.49. The van der Waals surface area contributed by atoms with Gasteiger partial charge in [-0.1, -0.05) is 0 Å². The van der Waals surface area contributed by atoms with Gasteiger partial charge in [0.05, 0.1) is 23.7 Å². The van der Waals surface area contributed by atoms with E-state index < -0.39 is 11.7 Å². The average Bonchev–Trinajstić information content (AvgIpc) is 2.23. The molecule has 0 bridgehead atoms. The van der Waals surface area contributed by atoms with E-state index in [1.807, 2.05) is 0 Å². The van der Waals surface area contributed by atoms with Crippen LogP contribution in [0.2, 0.25) is 0 Å². The molecule has 2 heterocycles. The van der Waals surface area contributed by atoms with Crippen molar-refractivity contribution in [3.8, 4) is 0 Å². The topological polar surface area (TPSA) is 54.0 Å². The van der Waals surface area contributed by atoms with E-state index in [0.29, 0.717) is 18.8 Å². The summed E-state index contributed by atoms with van der Waals surface area (Å²) in [5.41, 5.74) is -0.385. The number of rotatable bonds is 3. The maximum atomic E-state index is 12.3. The standard InChI is InChI=1S/C11H12F3N3O/c12-11(13,14)8-1-2-9(16-5-8)6-17-10(18)7-3-15-4-7/h1-2,5,7,15H,3-4,6H2,(H,17,18). The zero-order valence-corrected chi connectivity index (χ0v) is 9.42. The third-order valence-corrected chi connectivity index (χ3v) is 2.75. The number of nitrogens with zero attached hydrogens (tertiary/aromatic N) is 1. The summed E-state index contributed by atoms with van der Waals surface area (Å²) in [6.07, 6.45) is -3.61. The number of halogens is 3. The molecule has 2 N–H and O–H groups in total. The summed E-state index contributed by atoms with van der Waals surface area (Å²) in [7, 11) is 0. The molecule has 0 unspecified atom stereocenters. The van der Waals surface area contributed by atoms with Gasteiger partial charge in [0.15, 0.2) is 0 Å². The summed E-state index contributed by atoms with van der Waals surface area (Å²) in [5.74, 6) is -0.144. The highest BCUT2D eigenvalue weighted by Gasteiger charge is 2.30. The molecule has 1 aromatic rings. The number of alkyl halides is 3. The minimum Gasteiger partial charge on any atom is -0.350 e. The quantitative estimate of drug-likeness (QED) is 0.849. The van der Waals surface area contributed by atoms with Crippen LogP contribution >= 0.6 is 0 Å². The molecule has 18 heavy (non-hydrogen) atoms. The van der Waals surface area contributed by atoms with E-state index in [2.05, 4.69) is 15.6 Å². The first kappa shape index (κ1) is 12.8. The fourth-order valence-corrected chi connectivity index (χ4v) is 1.49. The van der Waals surface area contributed by atoms with E-state index >= 15 is 0 Å². The average molecular weight is 259 g/mol. The summed E-state index contributed by atoms with van der Waals surface area (Å²) >= 11 is 0. The third-order valence-electron chi connectivity index (χ3n) is 2.75. The van der Waals surface area contributed by atoms with E-state index in [1.165, 1.54) is 6.07 Å². The highest BCUT2D eigenvalue weighted by Crippen LogP contribution is 2.28. The number of aromatic nitrogens is 1. The molecule has 0 aromatic carbocycles. The van der Waals surface area contributed by atoms with Crippen molar-refractivity contribution in [2.45, 2.75) is 12.7 Å². The molecule has 1 aromatic heterocycles. The van der Waals surface area contributed by atoms with Crippen molar-refractivity contribution in [1.29, 1.82) is 0 Å². The molecule has 98 valence electrons. The molecule has 1 aliphatic heterocycles. The number of hydrogen-bond acceptors (Lipinski definition) is 3. The van der Waals surface area contributed by atoms with Gasteiger partial charge in [-0.2, -0.15) is 13.2 Å². The zero-order valence-electron chi connectivity index (χ0n) is 9.42. The molecular formula is C11H12F3N3O. The fraction of sp³-hybridized carbons (Fsp3) is 0.455. The van der Waals surface area contributed by atoms with Gasteiger partial charge in [0.1, 0.15) is 0 Å². The number of hydrogen-bond donors (Lipinski definition) is 2. The molecule has 1 amide bonds. The van der Waals surface area contributed by atoms with Crippen LogP contribution in [0.3, 0.4) is 0 Å². The van der Waals surface area contributed by atoms with Gasteiger partial charge in [0.2, 0.25) is 5.91 Å². The molecule has 1 saturated heterocycles. The van der Waals surface area contributed by atoms with Crippen LogP contribution in [0, 0.1) is 5.92 Å². The van der Waals surface area contributed by atoms with Gasteiger partial charge in [0.25, 0.3) is 0 Å². The molecular weight excluding hydrogens is 247 g/mol. The normalized spacial score (nSPS) is 16.2. The van der Waals surface area contributed by atoms with Crippen molar-refractivity contribution >= 4 is 5.91 Å². The molecule has 2 rings (SSSR count).